The standard InChI is InChI=1S/C28H30ClF2N5O5/c1-27(2,3)28(15-37)14-35(10-11-36(28)26(39)40)21-12-16(29)18(31)13-20(21)34-25(38)19-8-9-32-24(33-19)23-17(30)6-5-7-22(23)41-4/h5-9,12-13,37H,10-11,14-15H2,1-4H3,(H,34,38)(H,39,40). The number of methoxy groups -OCH3 is 1. The van der Waals surface area contributed by atoms with E-state index in [-0.39, 0.29) is 53.2 Å². The summed E-state index contributed by atoms with van der Waals surface area (Å²) in [5, 5.41) is 22.8. The molecule has 1 aliphatic heterocycles. The van der Waals surface area contributed by atoms with E-state index in [1.165, 1.54) is 48.5 Å². The lowest BCUT2D eigenvalue weighted by Gasteiger charge is -2.55. The number of hydrogen-bond acceptors (Lipinski definition) is 7. The number of aliphatic hydroxyl groups is 1. The van der Waals surface area contributed by atoms with E-state index in [0.29, 0.717) is 5.69 Å². The van der Waals surface area contributed by atoms with E-state index >= 15 is 0 Å². The lowest BCUT2D eigenvalue weighted by atomic mass is 9.71. The minimum atomic E-state index is -1.22. The number of amides is 2. The molecule has 0 aliphatic carbocycles. The Morgan fingerprint density at radius 1 is 1.17 bits per heavy atom. The highest BCUT2D eigenvalue weighted by Gasteiger charge is 2.52. The summed E-state index contributed by atoms with van der Waals surface area (Å²) >= 11 is 6.13. The molecular weight excluding hydrogens is 560 g/mol. The summed E-state index contributed by atoms with van der Waals surface area (Å²) in [7, 11) is 1.37. The Morgan fingerprint density at radius 3 is 2.54 bits per heavy atom. The van der Waals surface area contributed by atoms with Gasteiger partial charge in [0, 0.05) is 31.9 Å². The van der Waals surface area contributed by atoms with Gasteiger partial charge in [0.1, 0.15) is 23.1 Å². The zero-order chi connectivity index (χ0) is 30.1. The van der Waals surface area contributed by atoms with Gasteiger partial charge in [0.2, 0.25) is 0 Å². The van der Waals surface area contributed by atoms with Crippen molar-refractivity contribution >= 4 is 35.0 Å². The van der Waals surface area contributed by atoms with Gasteiger partial charge in [-0.25, -0.2) is 23.5 Å². The molecule has 4 rings (SSSR count). The molecule has 1 saturated heterocycles. The molecule has 0 spiro atoms. The maximum Gasteiger partial charge on any atom is 0.407 e. The van der Waals surface area contributed by atoms with Crippen LogP contribution in [0.4, 0.5) is 25.0 Å². The fourth-order valence-corrected chi connectivity index (χ4v) is 5.15. The number of halogens is 3. The molecular formula is C28H30ClF2N5O5. The second-order valence-corrected chi connectivity index (χ2v) is 11.0. The quantitative estimate of drug-likeness (QED) is 0.370. The highest BCUT2D eigenvalue weighted by atomic mass is 35.5. The minimum Gasteiger partial charge on any atom is -0.496 e. The van der Waals surface area contributed by atoms with E-state index in [4.69, 9.17) is 16.3 Å². The van der Waals surface area contributed by atoms with Crippen LogP contribution < -0.4 is 15.0 Å². The third-order valence-corrected chi connectivity index (χ3v) is 7.68. The molecule has 13 heteroatoms. The second kappa shape index (κ2) is 11.5. The number of nitrogens with one attached hydrogen (secondary N) is 1. The van der Waals surface area contributed by atoms with Gasteiger partial charge in [0.05, 0.1) is 41.2 Å². The Morgan fingerprint density at radius 2 is 1.90 bits per heavy atom. The molecule has 0 radical (unpaired) electrons. The Bertz CT molecular complexity index is 1480. The Hall–Kier alpha value is -4.03. The van der Waals surface area contributed by atoms with Crippen LogP contribution in [0.3, 0.4) is 0 Å². The highest BCUT2D eigenvalue weighted by Crippen LogP contribution is 2.42. The van der Waals surface area contributed by atoms with Crippen molar-refractivity contribution in [2.45, 2.75) is 26.3 Å². The van der Waals surface area contributed by atoms with Crippen LogP contribution in [0.5, 0.6) is 5.75 Å². The van der Waals surface area contributed by atoms with Crippen LogP contribution in [0.1, 0.15) is 31.3 Å². The molecule has 1 aliphatic rings. The fourth-order valence-electron chi connectivity index (χ4n) is 5.00. The van der Waals surface area contributed by atoms with Crippen molar-refractivity contribution in [3.8, 4) is 17.1 Å². The molecule has 218 valence electrons. The predicted molar refractivity (Wildman–Crippen MR) is 150 cm³/mol. The number of carbonyl (C=O) groups excluding carboxylic acids is 1. The van der Waals surface area contributed by atoms with Crippen LogP contribution in [0, 0.1) is 17.0 Å². The third kappa shape index (κ3) is 5.62. The molecule has 0 bridgehead atoms. The third-order valence-electron chi connectivity index (χ3n) is 7.39. The maximum absolute atomic E-state index is 14.7. The van der Waals surface area contributed by atoms with Crippen LogP contribution in [-0.4, -0.2) is 76.0 Å². The number of nitrogens with zero attached hydrogens (tertiary/aromatic N) is 4. The fraction of sp³-hybridized carbons (Fsp3) is 0.357. The number of aromatic nitrogens is 2. The zero-order valence-electron chi connectivity index (χ0n) is 22.9. The normalized spacial score (nSPS) is 17.4. The van der Waals surface area contributed by atoms with Crippen molar-refractivity contribution < 1.29 is 33.3 Å². The average molecular weight is 590 g/mol. The van der Waals surface area contributed by atoms with E-state index < -0.39 is 41.2 Å². The Balaban J connectivity index is 1.71. The summed E-state index contributed by atoms with van der Waals surface area (Å²) in [6, 6.07) is 7.92. The summed E-state index contributed by atoms with van der Waals surface area (Å²) in [6.45, 7) is 5.24. The molecule has 1 unspecified atom stereocenters. The van der Waals surface area contributed by atoms with Crippen LogP contribution in [0.15, 0.2) is 42.6 Å². The number of aliphatic hydroxyl groups excluding tert-OH is 1. The molecule has 1 atom stereocenters. The summed E-state index contributed by atoms with van der Waals surface area (Å²) in [6.07, 6.45) is 0.113. The van der Waals surface area contributed by atoms with Gasteiger partial charge in [0.15, 0.2) is 5.82 Å². The van der Waals surface area contributed by atoms with Gasteiger partial charge in [-0.15, -0.1) is 0 Å². The SMILES string of the molecule is COc1cccc(F)c1-c1nccc(C(=O)Nc2cc(F)c(Cl)cc2N2CCN(C(=O)O)C(CO)(C(C)(C)C)C2)n1. The number of carbonyl (C=O) groups is 2. The van der Waals surface area contributed by atoms with Crippen molar-refractivity contribution in [2.75, 3.05) is 43.6 Å². The van der Waals surface area contributed by atoms with E-state index in [9.17, 15) is 28.6 Å². The van der Waals surface area contributed by atoms with Gasteiger partial charge in [0.25, 0.3) is 5.91 Å². The maximum atomic E-state index is 14.7. The first kappa shape index (κ1) is 29.9. The lowest BCUT2D eigenvalue weighted by molar-refractivity contribution is -0.0417. The first-order chi connectivity index (χ1) is 19.3. The first-order valence-corrected chi connectivity index (χ1v) is 13.0. The summed E-state index contributed by atoms with van der Waals surface area (Å²) in [4.78, 5) is 36.7. The largest absolute Gasteiger partial charge is 0.496 e. The van der Waals surface area contributed by atoms with Crippen molar-refractivity contribution in [1.29, 1.82) is 0 Å². The molecule has 1 fully saturated rings. The average Bonchev–Trinajstić information content (AvgIpc) is 2.93. The second-order valence-electron chi connectivity index (χ2n) is 10.6. The molecule has 3 aromatic rings. The van der Waals surface area contributed by atoms with Crippen LogP contribution in [0.2, 0.25) is 5.02 Å². The number of ether oxygens (including phenoxy) is 1. The molecule has 2 amide bonds. The number of benzene rings is 2. The van der Waals surface area contributed by atoms with E-state index in [1.54, 1.807) is 4.90 Å². The summed E-state index contributed by atoms with van der Waals surface area (Å²) < 4.78 is 34.5. The Kier molecular flexibility index (Phi) is 8.36. The van der Waals surface area contributed by atoms with Crippen molar-refractivity contribution in [1.82, 2.24) is 14.9 Å². The number of anilines is 2. The van der Waals surface area contributed by atoms with E-state index in [2.05, 4.69) is 15.3 Å². The summed E-state index contributed by atoms with van der Waals surface area (Å²) in [5.74, 6) is -2.08. The van der Waals surface area contributed by atoms with Gasteiger partial charge in [-0.2, -0.15) is 0 Å². The molecule has 0 saturated carbocycles. The van der Waals surface area contributed by atoms with Gasteiger partial charge in [-0.05, 0) is 29.7 Å². The zero-order valence-corrected chi connectivity index (χ0v) is 23.7. The predicted octanol–water partition coefficient (Wildman–Crippen LogP) is 4.91. The van der Waals surface area contributed by atoms with Gasteiger partial charge >= 0.3 is 6.09 Å². The number of hydrogen-bond donors (Lipinski definition) is 3. The number of carboxylic acid groups (broad SMARTS) is 1. The monoisotopic (exact) mass is 589 g/mol. The van der Waals surface area contributed by atoms with Gasteiger partial charge in [-0.1, -0.05) is 38.4 Å². The molecule has 1 aromatic heterocycles. The molecule has 2 aromatic carbocycles. The van der Waals surface area contributed by atoms with E-state index in [1.807, 2.05) is 20.8 Å². The van der Waals surface area contributed by atoms with Crippen molar-refractivity contribution in [3.63, 3.8) is 0 Å². The molecule has 3 N–H and O–H groups in total. The first-order valence-electron chi connectivity index (χ1n) is 12.7. The van der Waals surface area contributed by atoms with Crippen LogP contribution >= 0.6 is 11.6 Å². The molecule has 10 nitrogen and oxygen atoms in total. The lowest BCUT2D eigenvalue weighted by Crippen LogP contribution is -2.71. The van der Waals surface area contributed by atoms with Gasteiger partial charge in [-0.3, -0.25) is 9.69 Å². The van der Waals surface area contributed by atoms with Crippen LogP contribution in [-0.2, 0) is 0 Å². The van der Waals surface area contributed by atoms with Crippen molar-refractivity contribution in [3.05, 3.63) is 64.9 Å². The topological polar surface area (TPSA) is 128 Å². The van der Waals surface area contributed by atoms with E-state index in [0.717, 1.165) is 6.07 Å². The minimum absolute atomic E-state index is 0.0262. The smallest absolute Gasteiger partial charge is 0.407 e. The number of rotatable bonds is 6. The van der Waals surface area contributed by atoms with Gasteiger partial charge < -0.3 is 25.2 Å². The molecule has 2 heterocycles. The van der Waals surface area contributed by atoms with Crippen LogP contribution in [0.25, 0.3) is 11.4 Å². The summed E-state index contributed by atoms with van der Waals surface area (Å²) in [5.41, 5.74) is -1.71. The van der Waals surface area contributed by atoms with Crippen molar-refractivity contribution in [2.24, 2.45) is 5.41 Å². The number of piperazine rings is 1. The molecule has 41 heavy (non-hydrogen) atoms. The Labute approximate surface area is 240 Å². The highest BCUT2D eigenvalue weighted by molar-refractivity contribution is 6.31.